The minimum atomic E-state index is -0.153. The van der Waals surface area contributed by atoms with Gasteiger partial charge in [-0.3, -0.25) is 9.69 Å². The number of fused-ring (bicyclic) bond motifs is 1. The van der Waals surface area contributed by atoms with Crippen LogP contribution < -0.4 is 10.5 Å². The third-order valence-electron chi connectivity index (χ3n) is 7.12. The number of piperazine rings is 1. The van der Waals surface area contributed by atoms with Gasteiger partial charge in [0, 0.05) is 58.1 Å². The molecule has 39 heavy (non-hydrogen) atoms. The highest BCUT2D eigenvalue weighted by Gasteiger charge is 2.22. The van der Waals surface area contributed by atoms with Crippen LogP contribution >= 0.6 is 11.7 Å². The second-order valence-electron chi connectivity index (χ2n) is 9.76. The van der Waals surface area contributed by atoms with Crippen LogP contribution in [0.4, 0.5) is 6.01 Å². The van der Waals surface area contributed by atoms with Gasteiger partial charge in [0.1, 0.15) is 5.69 Å². The molecule has 2 aliphatic rings. The second kappa shape index (κ2) is 11.6. The average molecular weight is 547 g/mol. The van der Waals surface area contributed by atoms with Crippen LogP contribution in [0.3, 0.4) is 0 Å². The van der Waals surface area contributed by atoms with Crippen LogP contribution in [-0.2, 0) is 17.7 Å². The molecule has 4 heterocycles. The lowest BCUT2D eigenvalue weighted by Crippen LogP contribution is -2.46. The summed E-state index contributed by atoms with van der Waals surface area (Å²) < 4.78 is 21.0. The molecule has 0 saturated carbocycles. The lowest BCUT2D eigenvalue weighted by atomic mass is 9.97. The molecular weight excluding hydrogens is 516 g/mol. The van der Waals surface area contributed by atoms with Crippen molar-refractivity contribution < 1.29 is 9.26 Å². The Kier molecular flexibility index (Phi) is 7.57. The molecule has 0 amide bonds. The summed E-state index contributed by atoms with van der Waals surface area (Å²) >= 11 is 1.23. The third kappa shape index (κ3) is 5.82. The molecule has 1 aliphatic heterocycles. The topological polar surface area (TPSA) is 115 Å². The van der Waals surface area contributed by atoms with Crippen molar-refractivity contribution >= 4 is 29.4 Å². The minimum Gasteiger partial charge on any atom is -0.385 e. The quantitative estimate of drug-likeness (QED) is 0.290. The lowest BCUT2D eigenvalue weighted by Gasteiger charge is -2.33. The maximum Gasteiger partial charge on any atom is 0.324 e. The normalized spacial score (nSPS) is 15.8. The summed E-state index contributed by atoms with van der Waals surface area (Å²) in [7, 11) is 1.74. The van der Waals surface area contributed by atoms with E-state index in [4.69, 9.17) is 9.26 Å². The number of allylic oxidation sites excluding steroid dienone is 1. The standard InChI is InChI=1S/C27H30N8O3S/c1-37-15-3-10-33-11-13-34(14-12-33)27-28-26(30-38-27)21-5-2-4-19(16-21)18-35-25(36)9-8-22(29-35)20-6-7-23-24(17-20)32-39-31-23/h2,4-5,8-9,16-17H,3,6-7,10-15,18H2,1H3. The molecule has 4 aromatic rings. The Labute approximate surface area is 230 Å². The summed E-state index contributed by atoms with van der Waals surface area (Å²) in [5, 5.41) is 8.91. The SMILES string of the molecule is COCCCN1CCN(c2nc(-c3cccc(Cn4nc(C5=Cc6nsnc6CC5)ccc4=O)c3)no2)CC1. The number of ether oxygens (including phenoxy) is 1. The summed E-state index contributed by atoms with van der Waals surface area (Å²) in [6.45, 7) is 5.76. The van der Waals surface area contributed by atoms with Gasteiger partial charge in [-0.2, -0.15) is 18.8 Å². The van der Waals surface area contributed by atoms with Gasteiger partial charge in [0.15, 0.2) is 0 Å². The van der Waals surface area contributed by atoms with Crippen molar-refractivity contribution in [2.24, 2.45) is 0 Å². The van der Waals surface area contributed by atoms with Crippen LogP contribution in [-0.4, -0.2) is 80.0 Å². The van der Waals surface area contributed by atoms with E-state index in [-0.39, 0.29) is 5.56 Å². The van der Waals surface area contributed by atoms with Gasteiger partial charge in [0.05, 0.1) is 29.7 Å². The van der Waals surface area contributed by atoms with Gasteiger partial charge in [0.2, 0.25) is 5.82 Å². The Hall–Kier alpha value is -3.74. The van der Waals surface area contributed by atoms with Crippen molar-refractivity contribution in [2.45, 2.75) is 25.8 Å². The summed E-state index contributed by atoms with van der Waals surface area (Å²) in [5.74, 6) is 0.531. The Morgan fingerprint density at radius 2 is 1.97 bits per heavy atom. The van der Waals surface area contributed by atoms with E-state index >= 15 is 0 Å². The highest BCUT2D eigenvalue weighted by Crippen LogP contribution is 2.28. The van der Waals surface area contributed by atoms with Crippen LogP contribution in [0.25, 0.3) is 23.0 Å². The first-order valence-corrected chi connectivity index (χ1v) is 13.9. The molecule has 12 heteroatoms. The monoisotopic (exact) mass is 546 g/mol. The fourth-order valence-corrected chi connectivity index (χ4v) is 5.53. The number of aromatic nitrogens is 6. The summed E-state index contributed by atoms with van der Waals surface area (Å²) in [5.41, 5.74) is 5.39. The molecule has 0 bridgehead atoms. The van der Waals surface area contributed by atoms with E-state index in [1.165, 1.54) is 16.4 Å². The average Bonchev–Trinajstić information content (AvgIpc) is 3.65. The zero-order valence-electron chi connectivity index (χ0n) is 21.8. The number of hydrogen-bond acceptors (Lipinski definition) is 11. The molecule has 3 aromatic heterocycles. The lowest BCUT2D eigenvalue weighted by molar-refractivity contribution is 0.168. The predicted molar refractivity (Wildman–Crippen MR) is 149 cm³/mol. The molecule has 1 aromatic carbocycles. The number of rotatable bonds is 9. The van der Waals surface area contributed by atoms with Gasteiger partial charge in [-0.15, -0.1) is 0 Å². The van der Waals surface area contributed by atoms with E-state index < -0.39 is 0 Å². The van der Waals surface area contributed by atoms with Crippen LogP contribution in [0.5, 0.6) is 0 Å². The van der Waals surface area contributed by atoms with Gasteiger partial charge >= 0.3 is 6.01 Å². The first-order chi connectivity index (χ1) is 19.2. The molecule has 0 unspecified atom stereocenters. The van der Waals surface area contributed by atoms with E-state index in [0.717, 1.165) is 92.4 Å². The minimum absolute atomic E-state index is 0.153. The number of aryl methyl sites for hydroxylation is 1. The van der Waals surface area contributed by atoms with Crippen molar-refractivity contribution in [2.75, 3.05) is 51.3 Å². The van der Waals surface area contributed by atoms with E-state index in [9.17, 15) is 4.79 Å². The third-order valence-corrected chi connectivity index (χ3v) is 7.70. The second-order valence-corrected chi connectivity index (χ2v) is 10.3. The molecule has 202 valence electrons. The van der Waals surface area contributed by atoms with Gasteiger partial charge in [0.25, 0.3) is 5.56 Å². The van der Waals surface area contributed by atoms with Crippen LogP contribution in [0.2, 0.25) is 0 Å². The number of benzene rings is 1. The Morgan fingerprint density at radius 1 is 1.08 bits per heavy atom. The first kappa shape index (κ1) is 25.5. The van der Waals surface area contributed by atoms with Crippen LogP contribution in [0.15, 0.2) is 45.7 Å². The Morgan fingerprint density at radius 3 is 2.85 bits per heavy atom. The number of hydrogen-bond donors (Lipinski definition) is 0. The molecule has 0 radical (unpaired) electrons. The van der Waals surface area contributed by atoms with Gasteiger partial charge < -0.3 is 14.2 Å². The highest BCUT2D eigenvalue weighted by atomic mass is 32.1. The molecule has 0 spiro atoms. The zero-order chi connectivity index (χ0) is 26.6. The van der Waals surface area contributed by atoms with Crippen molar-refractivity contribution in [3.63, 3.8) is 0 Å². The molecule has 0 atom stereocenters. The molecule has 1 saturated heterocycles. The van der Waals surface area contributed by atoms with E-state index in [1.54, 1.807) is 19.2 Å². The molecule has 1 aliphatic carbocycles. The number of anilines is 1. The highest BCUT2D eigenvalue weighted by molar-refractivity contribution is 6.99. The van der Waals surface area contributed by atoms with Crippen LogP contribution in [0, 0.1) is 0 Å². The predicted octanol–water partition coefficient (Wildman–Crippen LogP) is 2.84. The maximum atomic E-state index is 12.7. The zero-order valence-corrected chi connectivity index (χ0v) is 22.6. The van der Waals surface area contributed by atoms with E-state index in [1.807, 2.05) is 30.3 Å². The molecule has 0 N–H and O–H groups in total. The van der Waals surface area contributed by atoms with Gasteiger partial charge in [-0.1, -0.05) is 23.4 Å². The van der Waals surface area contributed by atoms with Crippen molar-refractivity contribution in [3.05, 3.63) is 69.4 Å². The van der Waals surface area contributed by atoms with Gasteiger partial charge in [-0.25, -0.2) is 4.68 Å². The summed E-state index contributed by atoms with van der Waals surface area (Å²) in [6, 6.07) is 11.7. The maximum absolute atomic E-state index is 12.7. The Bertz CT molecular complexity index is 1520. The smallest absolute Gasteiger partial charge is 0.324 e. The molecule has 11 nitrogen and oxygen atoms in total. The van der Waals surface area contributed by atoms with E-state index in [2.05, 4.69) is 33.8 Å². The molecule has 1 fully saturated rings. The van der Waals surface area contributed by atoms with Gasteiger partial charge in [-0.05, 0) is 48.6 Å². The summed E-state index contributed by atoms with van der Waals surface area (Å²) in [6.07, 6.45) is 4.71. The molecule has 6 rings (SSSR count). The van der Waals surface area contributed by atoms with Crippen LogP contribution in [0.1, 0.15) is 35.5 Å². The largest absolute Gasteiger partial charge is 0.385 e. The molecular formula is C27H30N8O3S. The fraction of sp³-hybridized carbons (Fsp3) is 0.407. The van der Waals surface area contributed by atoms with Crippen molar-refractivity contribution in [3.8, 4) is 11.4 Å². The van der Waals surface area contributed by atoms with Crippen molar-refractivity contribution in [1.82, 2.24) is 33.6 Å². The summed E-state index contributed by atoms with van der Waals surface area (Å²) in [4.78, 5) is 21.9. The van der Waals surface area contributed by atoms with E-state index in [0.29, 0.717) is 18.4 Å². The van der Waals surface area contributed by atoms with Crippen molar-refractivity contribution in [1.29, 1.82) is 0 Å². The first-order valence-electron chi connectivity index (χ1n) is 13.2. The number of methoxy groups -OCH3 is 1. The Balaban J connectivity index is 1.14. The number of nitrogens with zero attached hydrogens (tertiary/aromatic N) is 8. The fourth-order valence-electron chi connectivity index (χ4n) is 4.96.